The van der Waals surface area contributed by atoms with Crippen LogP contribution in [0.2, 0.25) is 0 Å². The minimum Gasteiger partial charge on any atom is -0.454 e. The molecule has 1 saturated heterocycles. The van der Waals surface area contributed by atoms with E-state index in [1.165, 1.54) is 5.56 Å². The summed E-state index contributed by atoms with van der Waals surface area (Å²) in [5, 5.41) is 0. The van der Waals surface area contributed by atoms with Crippen LogP contribution in [0.25, 0.3) is 0 Å². The molecule has 5 nitrogen and oxygen atoms in total. The van der Waals surface area contributed by atoms with Gasteiger partial charge in [0.05, 0.1) is 4.90 Å². The van der Waals surface area contributed by atoms with Crippen LogP contribution in [0, 0.1) is 19.8 Å². The quantitative estimate of drug-likeness (QED) is 0.803. The molecule has 0 amide bonds. The number of ether oxygens (including phenoxy) is 2. The molecule has 27 heavy (non-hydrogen) atoms. The average molecular weight is 388 g/mol. The van der Waals surface area contributed by atoms with E-state index in [-0.39, 0.29) is 6.79 Å². The maximum atomic E-state index is 13.0. The highest BCUT2D eigenvalue weighted by Crippen LogP contribution is 2.34. The van der Waals surface area contributed by atoms with E-state index in [1.807, 2.05) is 38.1 Å². The van der Waals surface area contributed by atoms with E-state index in [1.54, 1.807) is 10.4 Å². The van der Waals surface area contributed by atoms with Crippen LogP contribution in [0.4, 0.5) is 0 Å². The maximum Gasteiger partial charge on any atom is 0.243 e. The van der Waals surface area contributed by atoms with Gasteiger partial charge in [-0.3, -0.25) is 0 Å². The van der Waals surface area contributed by atoms with Crippen LogP contribution >= 0.6 is 0 Å². The number of rotatable bonds is 4. The molecule has 2 aliphatic rings. The molecule has 0 radical (unpaired) electrons. The molecule has 2 aromatic carbocycles. The van der Waals surface area contributed by atoms with Gasteiger partial charge in [-0.15, -0.1) is 0 Å². The summed E-state index contributed by atoms with van der Waals surface area (Å²) in [4.78, 5) is 0.441. The zero-order chi connectivity index (χ0) is 19.0. The Labute approximate surface area is 161 Å². The lowest BCUT2D eigenvalue weighted by molar-refractivity contribution is 0.174. The van der Waals surface area contributed by atoms with E-state index in [4.69, 9.17) is 9.47 Å². The van der Waals surface area contributed by atoms with Crippen molar-refractivity contribution in [3.05, 3.63) is 53.1 Å². The number of aryl methyl sites for hydroxylation is 2. The molecule has 1 fully saturated rings. The average Bonchev–Trinajstić information content (AvgIpc) is 3.12. The van der Waals surface area contributed by atoms with Crippen molar-refractivity contribution in [2.75, 3.05) is 19.9 Å². The van der Waals surface area contributed by atoms with Crippen molar-refractivity contribution in [1.29, 1.82) is 0 Å². The summed E-state index contributed by atoms with van der Waals surface area (Å²) in [5.74, 6) is 2.09. The Morgan fingerprint density at radius 3 is 2.52 bits per heavy atom. The summed E-state index contributed by atoms with van der Waals surface area (Å²) in [6, 6.07) is 11.7. The van der Waals surface area contributed by atoms with Crippen molar-refractivity contribution in [1.82, 2.24) is 4.31 Å². The molecule has 0 unspecified atom stereocenters. The molecule has 4 rings (SSSR count). The monoisotopic (exact) mass is 387 g/mol. The van der Waals surface area contributed by atoms with E-state index >= 15 is 0 Å². The van der Waals surface area contributed by atoms with Crippen LogP contribution in [0.3, 0.4) is 0 Å². The molecular formula is C21H25NO4S. The Bertz CT molecular complexity index is 947. The zero-order valence-corrected chi connectivity index (χ0v) is 16.6. The minimum absolute atomic E-state index is 0.285. The predicted molar refractivity (Wildman–Crippen MR) is 104 cm³/mol. The number of hydrogen-bond donors (Lipinski definition) is 0. The van der Waals surface area contributed by atoms with Crippen LogP contribution in [-0.4, -0.2) is 32.6 Å². The first-order valence-corrected chi connectivity index (χ1v) is 10.8. The fourth-order valence-electron chi connectivity index (χ4n) is 3.88. The Balaban J connectivity index is 1.42. The Kier molecular flexibility index (Phi) is 4.86. The lowest BCUT2D eigenvalue weighted by Crippen LogP contribution is -2.39. The number of sulfonamides is 1. The van der Waals surface area contributed by atoms with Crippen LogP contribution in [0.5, 0.6) is 11.5 Å². The summed E-state index contributed by atoms with van der Waals surface area (Å²) in [6.45, 7) is 5.22. The lowest BCUT2D eigenvalue weighted by Gasteiger charge is -2.31. The minimum atomic E-state index is -3.42. The normalized spacial score (nSPS) is 18.0. The smallest absolute Gasteiger partial charge is 0.243 e. The standard InChI is InChI=1S/C21H25NO4S/c1-15-3-4-16(2)21(11-15)27(23,24)22-9-7-17(8-10-22)12-18-5-6-19-20(13-18)26-14-25-19/h3-6,11,13,17H,7-10,12,14H2,1-2H3. The van der Waals surface area contributed by atoms with E-state index in [2.05, 4.69) is 6.07 Å². The summed E-state index contributed by atoms with van der Waals surface area (Å²) in [7, 11) is -3.42. The van der Waals surface area contributed by atoms with Crippen molar-refractivity contribution in [3.8, 4) is 11.5 Å². The molecule has 0 aromatic heterocycles. The molecule has 0 spiro atoms. The molecule has 0 atom stereocenters. The van der Waals surface area contributed by atoms with Gasteiger partial charge in [-0.1, -0.05) is 18.2 Å². The number of piperidine rings is 1. The van der Waals surface area contributed by atoms with E-state index in [9.17, 15) is 8.42 Å². The van der Waals surface area contributed by atoms with Crippen LogP contribution < -0.4 is 9.47 Å². The second-order valence-electron chi connectivity index (χ2n) is 7.51. The van der Waals surface area contributed by atoms with Gasteiger partial charge in [0.1, 0.15) is 0 Å². The number of fused-ring (bicyclic) bond motifs is 1. The molecule has 2 heterocycles. The van der Waals surface area contributed by atoms with Gasteiger partial charge in [0.25, 0.3) is 0 Å². The van der Waals surface area contributed by atoms with Crippen molar-refractivity contribution < 1.29 is 17.9 Å². The van der Waals surface area contributed by atoms with Crippen molar-refractivity contribution >= 4 is 10.0 Å². The largest absolute Gasteiger partial charge is 0.454 e. The molecular weight excluding hydrogens is 362 g/mol. The molecule has 2 aliphatic heterocycles. The highest BCUT2D eigenvalue weighted by molar-refractivity contribution is 7.89. The van der Waals surface area contributed by atoms with E-state index in [0.717, 1.165) is 41.9 Å². The number of benzene rings is 2. The fourth-order valence-corrected chi connectivity index (χ4v) is 5.66. The van der Waals surface area contributed by atoms with Crippen LogP contribution in [-0.2, 0) is 16.4 Å². The predicted octanol–water partition coefficient (Wildman–Crippen LogP) is 3.68. The second kappa shape index (κ2) is 7.17. The third kappa shape index (κ3) is 3.69. The second-order valence-corrected chi connectivity index (χ2v) is 9.41. The molecule has 0 bridgehead atoms. The summed E-state index contributed by atoms with van der Waals surface area (Å²) < 4.78 is 38.6. The van der Waals surface area contributed by atoms with Gasteiger partial charge >= 0.3 is 0 Å². The first-order valence-electron chi connectivity index (χ1n) is 9.39. The third-order valence-corrected chi connectivity index (χ3v) is 7.54. The molecule has 2 aromatic rings. The summed E-state index contributed by atoms with van der Waals surface area (Å²) >= 11 is 0. The van der Waals surface area contributed by atoms with Gasteiger partial charge in [0, 0.05) is 13.1 Å². The van der Waals surface area contributed by atoms with Gasteiger partial charge in [0.2, 0.25) is 16.8 Å². The molecule has 0 saturated carbocycles. The highest BCUT2D eigenvalue weighted by atomic mass is 32.2. The van der Waals surface area contributed by atoms with Gasteiger partial charge in [-0.25, -0.2) is 8.42 Å². The van der Waals surface area contributed by atoms with E-state index < -0.39 is 10.0 Å². The third-order valence-electron chi connectivity index (χ3n) is 5.50. The van der Waals surface area contributed by atoms with Gasteiger partial charge < -0.3 is 9.47 Å². The zero-order valence-electron chi connectivity index (χ0n) is 15.8. The van der Waals surface area contributed by atoms with Crippen LogP contribution in [0.15, 0.2) is 41.3 Å². The van der Waals surface area contributed by atoms with Crippen LogP contribution in [0.1, 0.15) is 29.5 Å². The molecule has 0 N–H and O–H groups in total. The van der Waals surface area contributed by atoms with Crippen molar-refractivity contribution in [2.24, 2.45) is 5.92 Å². The molecule has 144 valence electrons. The van der Waals surface area contributed by atoms with Crippen molar-refractivity contribution in [2.45, 2.75) is 38.0 Å². The molecule has 6 heteroatoms. The van der Waals surface area contributed by atoms with Gasteiger partial charge in [0.15, 0.2) is 11.5 Å². The Morgan fingerprint density at radius 1 is 1.00 bits per heavy atom. The van der Waals surface area contributed by atoms with Crippen molar-refractivity contribution in [3.63, 3.8) is 0 Å². The lowest BCUT2D eigenvalue weighted by atomic mass is 9.91. The summed E-state index contributed by atoms with van der Waals surface area (Å²) in [6.07, 6.45) is 2.69. The SMILES string of the molecule is Cc1ccc(C)c(S(=O)(=O)N2CCC(Cc3ccc4c(c3)OCO4)CC2)c1. The first-order chi connectivity index (χ1) is 12.9. The fraction of sp³-hybridized carbons (Fsp3) is 0.429. The number of nitrogens with zero attached hydrogens (tertiary/aromatic N) is 1. The summed E-state index contributed by atoms with van der Waals surface area (Å²) in [5.41, 5.74) is 3.00. The Hall–Kier alpha value is -2.05. The van der Waals surface area contributed by atoms with E-state index in [0.29, 0.717) is 23.9 Å². The maximum absolute atomic E-state index is 13.0. The molecule has 0 aliphatic carbocycles. The van der Waals surface area contributed by atoms with Gasteiger partial charge in [-0.2, -0.15) is 4.31 Å². The first kappa shape index (κ1) is 18.3. The van der Waals surface area contributed by atoms with Gasteiger partial charge in [-0.05, 0) is 73.9 Å². The Morgan fingerprint density at radius 2 is 1.74 bits per heavy atom. The number of hydrogen-bond acceptors (Lipinski definition) is 4. The topological polar surface area (TPSA) is 55.8 Å². The highest BCUT2D eigenvalue weighted by Gasteiger charge is 2.30.